The van der Waals surface area contributed by atoms with Crippen LogP contribution in [-0.2, 0) is 71.5 Å². The maximum atomic E-state index is 15.8. The van der Waals surface area contributed by atoms with Crippen LogP contribution >= 0.6 is 0 Å². The number of ketones is 1. The van der Waals surface area contributed by atoms with Gasteiger partial charge in [0.25, 0.3) is 5.91 Å². The average Bonchev–Trinajstić information content (AvgIpc) is 1.97. The molecule has 424 valence electrons. The van der Waals surface area contributed by atoms with Crippen LogP contribution in [0.5, 0.6) is 0 Å². The Morgan fingerprint density at radius 3 is 2.00 bits per heavy atom. The SMILES string of the molecule is CC(=O)O[C@H]1C(=O)C2(C)[C@@H](O)C[C@H]3OC[C@@]3(OC(C)=O)[C@H]2[C@H](OC(=O)c2ccccc2)[C@]2(O)C[C@H](OC(=O)[C@H](OC(=O)COCCOCCNC(=O)CCC(=O)O)C(NC(=O)c3ccccc3)c3ccccc3)C(C)=C1C2(C)C. The average molecular weight is 1100 g/mol. The monoisotopic (exact) mass is 1100 g/mol. The van der Waals surface area contributed by atoms with Crippen molar-refractivity contribution < 1.29 is 96.4 Å². The van der Waals surface area contributed by atoms with Gasteiger partial charge in [-0.1, -0.05) is 80.6 Å². The number of carboxylic acids is 1. The van der Waals surface area contributed by atoms with Crippen molar-refractivity contribution in [1.29, 1.82) is 0 Å². The zero-order valence-corrected chi connectivity index (χ0v) is 44.6. The lowest BCUT2D eigenvalue weighted by molar-refractivity contribution is -0.346. The van der Waals surface area contributed by atoms with Crippen LogP contribution in [0.1, 0.15) is 99.5 Å². The Labute approximate surface area is 455 Å². The number of ether oxygens (including phenoxy) is 8. The van der Waals surface area contributed by atoms with E-state index in [1.54, 1.807) is 66.7 Å². The smallest absolute Gasteiger partial charge is 0.350 e. The molecule has 79 heavy (non-hydrogen) atoms. The molecule has 0 radical (unpaired) electrons. The van der Waals surface area contributed by atoms with Crippen LogP contribution < -0.4 is 10.6 Å². The number of aliphatic carboxylic acids is 1. The minimum Gasteiger partial charge on any atom is -0.481 e. The summed E-state index contributed by atoms with van der Waals surface area (Å²) >= 11 is 0. The van der Waals surface area contributed by atoms with Crippen LogP contribution in [-0.4, -0.2) is 156 Å². The second-order valence-electron chi connectivity index (χ2n) is 20.7. The summed E-state index contributed by atoms with van der Waals surface area (Å²) in [5, 5.41) is 40.3. The summed E-state index contributed by atoms with van der Waals surface area (Å²) in [5.41, 5.74) is -7.81. The van der Waals surface area contributed by atoms with Gasteiger partial charge in [0.05, 0.1) is 55.8 Å². The van der Waals surface area contributed by atoms with Gasteiger partial charge in [-0.25, -0.2) is 14.4 Å². The van der Waals surface area contributed by atoms with E-state index in [9.17, 15) is 43.8 Å². The molecule has 1 saturated heterocycles. The lowest BCUT2D eigenvalue weighted by Crippen LogP contribution is -2.82. The fourth-order valence-electron chi connectivity index (χ4n) is 11.4. The van der Waals surface area contributed by atoms with Gasteiger partial charge in [-0.2, -0.15) is 0 Å². The number of amides is 2. The third-order valence-electron chi connectivity index (χ3n) is 15.4. The van der Waals surface area contributed by atoms with Gasteiger partial charge in [-0.05, 0) is 54.8 Å². The summed E-state index contributed by atoms with van der Waals surface area (Å²) in [6.45, 7) is 6.81. The molecule has 22 heteroatoms. The predicted molar refractivity (Wildman–Crippen MR) is 273 cm³/mol. The largest absolute Gasteiger partial charge is 0.481 e. The van der Waals surface area contributed by atoms with Crippen molar-refractivity contribution in [2.24, 2.45) is 16.7 Å². The summed E-state index contributed by atoms with van der Waals surface area (Å²) in [5.74, 6) is -10.0. The topological polar surface area (TPSA) is 312 Å². The van der Waals surface area contributed by atoms with Crippen LogP contribution in [0, 0.1) is 16.7 Å². The fourth-order valence-corrected chi connectivity index (χ4v) is 11.4. The highest BCUT2D eigenvalue weighted by atomic mass is 16.6. The number of hydrogen-bond donors (Lipinski definition) is 5. The van der Waals surface area contributed by atoms with Crippen LogP contribution in [0.4, 0.5) is 0 Å². The lowest BCUT2D eigenvalue weighted by atomic mass is 9.44. The number of fused-ring (bicyclic) bond motifs is 5. The fraction of sp³-hybridized carbons (Fsp3) is 0.491. The number of benzene rings is 3. The van der Waals surface area contributed by atoms with Crippen molar-refractivity contribution in [3.63, 3.8) is 0 Å². The third-order valence-corrected chi connectivity index (χ3v) is 15.4. The number of rotatable bonds is 22. The van der Waals surface area contributed by atoms with Crippen molar-refractivity contribution in [1.82, 2.24) is 10.6 Å². The van der Waals surface area contributed by atoms with E-state index in [0.29, 0.717) is 0 Å². The Kier molecular flexibility index (Phi) is 18.6. The molecular weight excluding hydrogens is 1030 g/mol. The summed E-state index contributed by atoms with van der Waals surface area (Å²) in [4.78, 5) is 122. The minimum absolute atomic E-state index is 0.0178. The van der Waals surface area contributed by atoms with E-state index in [4.69, 9.17) is 43.0 Å². The third kappa shape index (κ3) is 12.4. The first-order chi connectivity index (χ1) is 37.5. The number of esters is 5. The van der Waals surface area contributed by atoms with E-state index in [2.05, 4.69) is 10.6 Å². The van der Waals surface area contributed by atoms with Crippen molar-refractivity contribution in [2.45, 2.75) is 121 Å². The number of Topliss-reactive ketones (excluding diaryl/α,β-unsaturated/α-hetero) is 1. The number of carbonyl (C=O) groups excluding carboxylic acids is 8. The van der Waals surface area contributed by atoms with Gasteiger partial charge in [-0.15, -0.1) is 0 Å². The molecule has 0 spiro atoms. The first-order valence-electron chi connectivity index (χ1n) is 25.8. The zero-order valence-electron chi connectivity index (χ0n) is 44.6. The Balaban J connectivity index is 1.29. The maximum Gasteiger partial charge on any atom is 0.350 e. The maximum absolute atomic E-state index is 15.8. The van der Waals surface area contributed by atoms with Gasteiger partial charge < -0.3 is 63.8 Å². The molecule has 3 fully saturated rings. The first kappa shape index (κ1) is 59.3. The van der Waals surface area contributed by atoms with Crippen molar-refractivity contribution >= 4 is 53.4 Å². The summed E-state index contributed by atoms with van der Waals surface area (Å²) in [7, 11) is 0. The van der Waals surface area contributed by atoms with E-state index >= 15 is 9.59 Å². The van der Waals surface area contributed by atoms with Gasteiger partial charge in [0.1, 0.15) is 36.6 Å². The standard InChI is InChI=1S/C57H66N2O20/c1-32-38(76-53(70)47(45(35-16-10-7-11-17-35)59-51(68)36-18-12-8-13-19-36)77-43(66)30-73-27-26-72-25-24-58-41(63)22-23-42(64)65)29-57(71)50(78-52(69)37-20-14-9-15-21-37)48-55(6,39(62)28-40-56(48,31-74-40)79-34(3)61)49(67)46(75-33(2)60)44(32)54(57,4)5/h7-21,38-40,45-48,50,62,71H,22-31H2,1-6H3,(H,58,63)(H,59,68)(H,64,65)/t38-,39-,40+,45?,46+,47+,48-,50-,55?,56-,57+/m0/s1. The molecule has 1 heterocycles. The second kappa shape index (κ2) is 24.7. The summed E-state index contributed by atoms with van der Waals surface area (Å²) in [6, 6.07) is 22.2. The van der Waals surface area contributed by atoms with Crippen LogP contribution in [0.25, 0.3) is 0 Å². The van der Waals surface area contributed by atoms with Crippen molar-refractivity contribution in [3.05, 3.63) is 119 Å². The first-order valence-corrected chi connectivity index (χ1v) is 25.8. The molecule has 2 bridgehead atoms. The van der Waals surface area contributed by atoms with Crippen LogP contribution in [0.3, 0.4) is 0 Å². The van der Waals surface area contributed by atoms with Gasteiger partial charge in [0.2, 0.25) is 12.0 Å². The highest BCUT2D eigenvalue weighted by Gasteiger charge is 2.78. The molecule has 11 atom stereocenters. The molecule has 2 saturated carbocycles. The molecule has 3 aromatic carbocycles. The van der Waals surface area contributed by atoms with E-state index in [0.717, 1.165) is 13.8 Å². The molecule has 5 N–H and O–H groups in total. The Bertz CT molecular complexity index is 2810. The molecule has 2 amide bonds. The molecule has 3 aromatic rings. The van der Waals surface area contributed by atoms with E-state index in [1.165, 1.54) is 52.0 Å². The molecular formula is C57H66N2O20. The second-order valence-corrected chi connectivity index (χ2v) is 20.7. The van der Waals surface area contributed by atoms with Crippen molar-refractivity contribution in [2.75, 3.05) is 39.6 Å². The number of nitrogens with one attached hydrogen (secondary N) is 2. The zero-order chi connectivity index (χ0) is 57.5. The number of aliphatic hydroxyl groups is 2. The number of aliphatic hydroxyl groups excluding tert-OH is 1. The molecule has 7 rings (SSSR count). The minimum atomic E-state index is -2.51. The number of carboxylic acid groups (broad SMARTS) is 1. The summed E-state index contributed by atoms with van der Waals surface area (Å²) in [6.07, 6.45) is -11.7. The molecule has 2 unspecified atom stereocenters. The Hall–Kier alpha value is -7.37. The molecule has 1 aliphatic heterocycles. The summed E-state index contributed by atoms with van der Waals surface area (Å²) < 4.78 is 47.7. The van der Waals surface area contributed by atoms with Gasteiger partial charge in [0.15, 0.2) is 17.5 Å². The Morgan fingerprint density at radius 2 is 1.41 bits per heavy atom. The van der Waals surface area contributed by atoms with Crippen molar-refractivity contribution in [3.8, 4) is 0 Å². The van der Waals surface area contributed by atoms with Crippen LogP contribution in [0.15, 0.2) is 102 Å². The molecule has 0 aromatic heterocycles. The quantitative estimate of drug-likeness (QED) is 0.0417. The van der Waals surface area contributed by atoms with Gasteiger partial charge in [-0.3, -0.25) is 28.8 Å². The predicted octanol–water partition coefficient (Wildman–Crippen LogP) is 3.30. The molecule has 3 aliphatic carbocycles. The number of carbonyl (C=O) groups is 9. The van der Waals surface area contributed by atoms with E-state index < -0.39 is 137 Å². The normalized spacial score (nSPS) is 27.3. The van der Waals surface area contributed by atoms with Crippen LogP contribution in [0.2, 0.25) is 0 Å². The van der Waals surface area contributed by atoms with Gasteiger partial charge in [0, 0.05) is 50.6 Å². The molecule has 22 nitrogen and oxygen atoms in total. The van der Waals surface area contributed by atoms with E-state index in [-0.39, 0.29) is 80.1 Å². The highest BCUT2D eigenvalue weighted by Crippen LogP contribution is 2.64. The van der Waals surface area contributed by atoms with E-state index in [1.807, 2.05) is 0 Å². The number of hydrogen-bond acceptors (Lipinski definition) is 19. The molecule has 4 aliphatic rings. The highest BCUT2D eigenvalue weighted by molar-refractivity contribution is 5.96. The Morgan fingerprint density at radius 1 is 0.785 bits per heavy atom. The van der Waals surface area contributed by atoms with Gasteiger partial charge >= 0.3 is 35.8 Å². The lowest BCUT2D eigenvalue weighted by Gasteiger charge is -2.67.